The lowest BCUT2D eigenvalue weighted by molar-refractivity contribution is -0.143. The van der Waals surface area contributed by atoms with Crippen molar-refractivity contribution in [2.45, 2.75) is 78.3 Å². The average molecular weight is 512 g/mol. The summed E-state index contributed by atoms with van der Waals surface area (Å²) in [6.07, 6.45) is -2.35. The highest BCUT2D eigenvalue weighted by molar-refractivity contribution is 5.80. The van der Waals surface area contributed by atoms with Gasteiger partial charge < -0.3 is 14.5 Å². The molecular formula is C25H33F4N5O2. The summed E-state index contributed by atoms with van der Waals surface area (Å²) in [5.41, 5.74) is 3.10. The molecule has 198 valence electrons. The Morgan fingerprint density at radius 3 is 2.50 bits per heavy atom. The fourth-order valence-electron chi connectivity index (χ4n) is 5.25. The van der Waals surface area contributed by atoms with E-state index in [1.54, 1.807) is 6.92 Å². The Labute approximate surface area is 208 Å². The quantitative estimate of drug-likeness (QED) is 0.533. The summed E-state index contributed by atoms with van der Waals surface area (Å²) in [6, 6.07) is 1.58. The summed E-state index contributed by atoms with van der Waals surface area (Å²) in [7, 11) is 0. The van der Waals surface area contributed by atoms with Gasteiger partial charge in [-0.05, 0) is 38.7 Å². The van der Waals surface area contributed by atoms with Gasteiger partial charge in [-0.15, -0.1) is 0 Å². The minimum atomic E-state index is -3.08. The second kappa shape index (κ2) is 11.1. The van der Waals surface area contributed by atoms with Crippen molar-refractivity contribution in [1.29, 1.82) is 0 Å². The first-order chi connectivity index (χ1) is 17.3. The molecule has 3 aliphatic heterocycles. The Balaban J connectivity index is 0.00000148. The molecule has 1 saturated heterocycles. The molecule has 0 spiro atoms. The van der Waals surface area contributed by atoms with Gasteiger partial charge in [-0.3, -0.25) is 14.5 Å². The molecule has 0 N–H and O–H groups in total. The van der Waals surface area contributed by atoms with E-state index in [0.29, 0.717) is 55.4 Å². The van der Waals surface area contributed by atoms with Crippen molar-refractivity contribution in [3.8, 4) is 0 Å². The van der Waals surface area contributed by atoms with Crippen LogP contribution in [0.3, 0.4) is 0 Å². The highest BCUT2D eigenvalue weighted by Gasteiger charge is 2.36. The van der Waals surface area contributed by atoms with Crippen molar-refractivity contribution < 1.29 is 27.1 Å². The molecule has 2 aromatic heterocycles. The van der Waals surface area contributed by atoms with Gasteiger partial charge in [0.05, 0.1) is 24.0 Å². The number of halogens is 4. The third-order valence-electron chi connectivity index (χ3n) is 6.99. The second-order valence-corrected chi connectivity index (χ2v) is 9.03. The van der Waals surface area contributed by atoms with Gasteiger partial charge in [-0.2, -0.15) is 13.9 Å². The van der Waals surface area contributed by atoms with Crippen LogP contribution >= 0.6 is 0 Å². The number of rotatable bonds is 4. The number of alkyl halides is 4. The van der Waals surface area contributed by atoms with Gasteiger partial charge in [0.25, 0.3) is 12.3 Å². The van der Waals surface area contributed by atoms with E-state index in [9.17, 15) is 22.4 Å². The largest absolute Gasteiger partial charge is 0.381 e. The van der Waals surface area contributed by atoms with Crippen molar-refractivity contribution in [3.05, 3.63) is 34.3 Å². The molecule has 11 heteroatoms. The van der Waals surface area contributed by atoms with Gasteiger partial charge in [0.2, 0.25) is 0 Å². The topological polar surface area (TPSA) is 63.5 Å². The van der Waals surface area contributed by atoms with E-state index < -0.39 is 18.8 Å². The van der Waals surface area contributed by atoms with E-state index in [4.69, 9.17) is 9.84 Å². The molecule has 1 amide bonds. The van der Waals surface area contributed by atoms with E-state index in [1.165, 1.54) is 6.07 Å². The van der Waals surface area contributed by atoms with Gasteiger partial charge in [0.1, 0.15) is 0 Å². The van der Waals surface area contributed by atoms with Gasteiger partial charge in [0.15, 0.2) is 5.82 Å². The zero-order valence-electron chi connectivity index (χ0n) is 20.9. The first-order valence-electron chi connectivity index (χ1n) is 12.7. The molecule has 0 radical (unpaired) electrons. The molecule has 0 aromatic carbocycles. The summed E-state index contributed by atoms with van der Waals surface area (Å²) in [4.78, 5) is 19.6. The van der Waals surface area contributed by atoms with Crippen molar-refractivity contribution in [3.63, 3.8) is 0 Å². The number of hydrogen-bond acceptors (Lipinski definition) is 5. The summed E-state index contributed by atoms with van der Waals surface area (Å²) in [5, 5.41) is 4.92. The molecule has 5 heterocycles. The molecule has 3 aliphatic rings. The number of aromatic nitrogens is 3. The summed E-state index contributed by atoms with van der Waals surface area (Å²) in [5.74, 6) is -0.660. The predicted octanol–water partition coefficient (Wildman–Crippen LogP) is 5.14. The van der Waals surface area contributed by atoms with Gasteiger partial charge in [-0.1, -0.05) is 13.8 Å². The molecule has 0 atom stereocenters. The highest BCUT2D eigenvalue weighted by atomic mass is 19.3. The fraction of sp³-hybridized carbons (Fsp3) is 0.640. The molecule has 36 heavy (non-hydrogen) atoms. The van der Waals surface area contributed by atoms with Crippen LogP contribution in [0.5, 0.6) is 0 Å². The van der Waals surface area contributed by atoms with Crippen LogP contribution in [0.4, 0.5) is 29.1 Å². The van der Waals surface area contributed by atoms with Crippen LogP contribution in [0.25, 0.3) is 0 Å². The highest BCUT2D eigenvalue weighted by Crippen LogP contribution is 2.40. The van der Waals surface area contributed by atoms with Crippen molar-refractivity contribution >= 4 is 17.4 Å². The zero-order valence-corrected chi connectivity index (χ0v) is 20.9. The van der Waals surface area contributed by atoms with Crippen molar-refractivity contribution in [2.24, 2.45) is 0 Å². The Kier molecular flexibility index (Phi) is 8.17. The number of amides is 1. The fourth-order valence-corrected chi connectivity index (χ4v) is 5.25. The number of nitrogens with zero attached hydrogens (tertiary/aromatic N) is 5. The van der Waals surface area contributed by atoms with Crippen LogP contribution in [0, 0.1) is 6.92 Å². The van der Waals surface area contributed by atoms with Crippen LogP contribution in [0.1, 0.15) is 73.8 Å². The van der Waals surface area contributed by atoms with Gasteiger partial charge in [-0.25, -0.2) is 8.78 Å². The molecule has 0 aliphatic carbocycles. The normalized spacial score (nSPS) is 18.1. The number of anilines is 2. The van der Waals surface area contributed by atoms with E-state index in [0.717, 1.165) is 35.6 Å². The maximum absolute atomic E-state index is 13.7. The minimum absolute atomic E-state index is 0.0177. The van der Waals surface area contributed by atoms with Crippen LogP contribution in [-0.4, -0.2) is 58.3 Å². The first-order valence-corrected chi connectivity index (χ1v) is 12.7. The molecule has 0 bridgehead atoms. The molecule has 2 aromatic rings. The molecule has 0 unspecified atom stereocenters. The van der Waals surface area contributed by atoms with Crippen LogP contribution in [0.2, 0.25) is 0 Å². The smallest absolute Gasteiger partial charge is 0.315 e. The maximum atomic E-state index is 13.7. The van der Waals surface area contributed by atoms with Crippen LogP contribution < -0.4 is 4.90 Å². The van der Waals surface area contributed by atoms with Gasteiger partial charge >= 0.3 is 6.43 Å². The minimum Gasteiger partial charge on any atom is -0.381 e. The molecule has 0 saturated carbocycles. The van der Waals surface area contributed by atoms with Crippen LogP contribution in [0.15, 0.2) is 6.07 Å². The van der Waals surface area contributed by atoms with Crippen molar-refractivity contribution in [2.75, 3.05) is 31.2 Å². The first kappa shape index (κ1) is 26.4. The second-order valence-electron chi connectivity index (χ2n) is 9.03. The van der Waals surface area contributed by atoms with Gasteiger partial charge in [0, 0.05) is 55.2 Å². The number of carbonyl (C=O) groups excluding carboxylic acids is 1. The standard InChI is InChI=1S/C23H27F4N5O2.C2H6/c1-13-15(20(24)25)11-19-17(28-13)3-2-7-31(19)22-16-12-30(23(33)21(26)27)8-4-18(16)32(29-22)14-5-9-34-10-6-14;1-2/h11,14,20-21H,2-10,12H2,1H3;1-2H3. The van der Waals surface area contributed by atoms with E-state index >= 15 is 0 Å². The molecule has 1 fully saturated rings. The Bertz CT molecular complexity index is 1080. The summed E-state index contributed by atoms with van der Waals surface area (Å²) < 4.78 is 61.1. The molecule has 7 nitrogen and oxygen atoms in total. The Morgan fingerprint density at radius 2 is 1.83 bits per heavy atom. The zero-order chi connectivity index (χ0) is 26.0. The van der Waals surface area contributed by atoms with E-state index in [-0.39, 0.29) is 24.7 Å². The third kappa shape index (κ3) is 4.94. The lowest BCUT2D eigenvalue weighted by Crippen LogP contribution is -2.40. The van der Waals surface area contributed by atoms with E-state index in [1.807, 2.05) is 23.4 Å². The van der Waals surface area contributed by atoms with E-state index in [2.05, 4.69) is 4.98 Å². The number of carbonyl (C=O) groups is 1. The number of aryl methyl sites for hydroxylation is 2. The lowest BCUT2D eigenvalue weighted by atomic mass is 10.0. The number of fused-ring (bicyclic) bond motifs is 2. The number of pyridine rings is 1. The number of hydrogen-bond donors (Lipinski definition) is 0. The summed E-state index contributed by atoms with van der Waals surface area (Å²) in [6.45, 7) is 7.55. The van der Waals surface area contributed by atoms with Crippen molar-refractivity contribution in [1.82, 2.24) is 19.7 Å². The number of ether oxygens (including phenoxy) is 1. The lowest BCUT2D eigenvalue weighted by Gasteiger charge is -2.33. The summed E-state index contributed by atoms with van der Waals surface area (Å²) >= 11 is 0. The van der Waals surface area contributed by atoms with Crippen LogP contribution in [-0.2, 0) is 28.9 Å². The Hall–Kier alpha value is -2.69. The maximum Gasteiger partial charge on any atom is 0.315 e. The average Bonchev–Trinajstić information content (AvgIpc) is 3.27. The molecular weight excluding hydrogens is 478 g/mol. The molecule has 5 rings (SSSR count). The Morgan fingerprint density at radius 1 is 1.11 bits per heavy atom. The predicted molar refractivity (Wildman–Crippen MR) is 127 cm³/mol. The third-order valence-corrected chi connectivity index (χ3v) is 6.99. The monoisotopic (exact) mass is 511 g/mol. The SMILES string of the molecule is CC.Cc1nc2c(cc1C(F)F)N(c1nn(C3CCOCC3)c3c1CN(C(=O)C(F)F)CC3)CCC2.